The maximum absolute atomic E-state index is 13.0. The van der Waals surface area contributed by atoms with Crippen molar-refractivity contribution in [3.8, 4) is 11.3 Å². The molecule has 0 bridgehead atoms. The third-order valence-corrected chi connectivity index (χ3v) is 4.45. The number of carbonyl (C=O) groups excluding carboxylic acids is 1. The fourth-order valence-electron chi connectivity index (χ4n) is 3.06. The van der Waals surface area contributed by atoms with Crippen LogP contribution in [0, 0.1) is 20.8 Å². The Balaban J connectivity index is 1.82. The summed E-state index contributed by atoms with van der Waals surface area (Å²) in [6.07, 6.45) is 0. The van der Waals surface area contributed by atoms with Gasteiger partial charge in [0.2, 0.25) is 0 Å². The molecular weight excluding hydrogens is 342 g/mol. The van der Waals surface area contributed by atoms with Crippen molar-refractivity contribution in [2.75, 3.05) is 5.32 Å². The molecule has 0 atom stereocenters. The fourth-order valence-corrected chi connectivity index (χ4v) is 3.06. The van der Waals surface area contributed by atoms with E-state index in [0.717, 1.165) is 16.8 Å². The number of nitrogens with zero attached hydrogens (tertiary/aromatic N) is 4. The number of benzene rings is 1. The van der Waals surface area contributed by atoms with Crippen LogP contribution in [0.1, 0.15) is 27.3 Å². The van der Waals surface area contributed by atoms with Gasteiger partial charge < -0.3 is 9.84 Å². The van der Waals surface area contributed by atoms with Crippen LogP contribution in [-0.4, -0.2) is 25.8 Å². The second-order valence-electron chi connectivity index (χ2n) is 6.62. The second-order valence-corrected chi connectivity index (χ2v) is 6.62. The Kier molecular flexibility index (Phi) is 3.99. The smallest absolute Gasteiger partial charge is 0.259 e. The number of carbonyl (C=O) groups is 1. The van der Waals surface area contributed by atoms with Gasteiger partial charge in [0, 0.05) is 18.7 Å². The van der Waals surface area contributed by atoms with Crippen molar-refractivity contribution < 1.29 is 9.32 Å². The van der Waals surface area contributed by atoms with Gasteiger partial charge in [0.25, 0.3) is 11.6 Å². The van der Waals surface area contributed by atoms with Crippen LogP contribution < -0.4 is 5.32 Å². The van der Waals surface area contributed by atoms with E-state index in [1.54, 1.807) is 24.7 Å². The van der Waals surface area contributed by atoms with Gasteiger partial charge in [-0.25, -0.2) is 4.98 Å². The lowest BCUT2D eigenvalue weighted by Crippen LogP contribution is -2.15. The highest BCUT2D eigenvalue weighted by Crippen LogP contribution is 2.28. The molecule has 0 aliphatic rings. The minimum absolute atomic E-state index is 0.259. The number of nitrogens with one attached hydrogen (secondary N) is 1. The summed E-state index contributed by atoms with van der Waals surface area (Å²) in [5, 5.41) is 11.8. The molecule has 4 aromatic rings. The summed E-state index contributed by atoms with van der Waals surface area (Å²) in [6, 6.07) is 11.5. The summed E-state index contributed by atoms with van der Waals surface area (Å²) in [5.74, 6) is 0.360. The van der Waals surface area contributed by atoms with Crippen LogP contribution in [0.25, 0.3) is 22.4 Å². The molecule has 0 aliphatic carbocycles. The Bertz CT molecular complexity index is 1160. The van der Waals surface area contributed by atoms with Gasteiger partial charge in [-0.15, -0.1) is 0 Å². The average Bonchev–Trinajstić information content (AvgIpc) is 3.16. The number of hydrogen-bond acceptors (Lipinski definition) is 5. The first kappa shape index (κ1) is 17.0. The first-order chi connectivity index (χ1) is 12.9. The van der Waals surface area contributed by atoms with Crippen LogP contribution in [0.3, 0.4) is 0 Å². The lowest BCUT2D eigenvalue weighted by atomic mass is 10.0. The number of hydrogen-bond donors (Lipinski definition) is 1. The lowest BCUT2D eigenvalue weighted by Gasteiger charge is -2.08. The summed E-state index contributed by atoms with van der Waals surface area (Å²) >= 11 is 0. The number of fused-ring (bicyclic) bond motifs is 1. The third-order valence-electron chi connectivity index (χ3n) is 4.45. The highest BCUT2D eigenvalue weighted by molar-refractivity contribution is 6.12. The average molecular weight is 361 g/mol. The zero-order valence-electron chi connectivity index (χ0n) is 15.6. The zero-order chi connectivity index (χ0) is 19.1. The third kappa shape index (κ3) is 3.08. The summed E-state index contributed by atoms with van der Waals surface area (Å²) in [5.41, 5.74) is 4.98. The fraction of sp³-hybridized carbons (Fsp3) is 0.200. The van der Waals surface area contributed by atoms with Gasteiger partial charge in [-0.2, -0.15) is 5.10 Å². The molecule has 1 amide bonds. The van der Waals surface area contributed by atoms with E-state index in [9.17, 15) is 4.79 Å². The van der Waals surface area contributed by atoms with E-state index >= 15 is 0 Å². The molecule has 0 spiro atoms. The van der Waals surface area contributed by atoms with E-state index in [1.165, 1.54) is 0 Å². The number of aryl methyl sites for hydroxylation is 4. The molecule has 4 rings (SSSR count). The van der Waals surface area contributed by atoms with Crippen molar-refractivity contribution in [1.82, 2.24) is 19.9 Å². The molecule has 0 saturated carbocycles. The van der Waals surface area contributed by atoms with Crippen molar-refractivity contribution >= 4 is 22.8 Å². The monoisotopic (exact) mass is 361 g/mol. The molecule has 0 fully saturated rings. The molecule has 7 heteroatoms. The van der Waals surface area contributed by atoms with E-state index in [4.69, 9.17) is 4.52 Å². The highest BCUT2D eigenvalue weighted by atomic mass is 16.5. The van der Waals surface area contributed by atoms with Crippen LogP contribution in [0.5, 0.6) is 0 Å². The Morgan fingerprint density at radius 3 is 2.52 bits per heavy atom. The molecule has 136 valence electrons. The van der Waals surface area contributed by atoms with E-state index in [-0.39, 0.29) is 5.91 Å². The van der Waals surface area contributed by atoms with Gasteiger partial charge in [-0.3, -0.25) is 9.48 Å². The molecular formula is C20H19N5O2. The lowest BCUT2D eigenvalue weighted by molar-refractivity contribution is 0.102. The van der Waals surface area contributed by atoms with Gasteiger partial charge in [-0.1, -0.05) is 35.0 Å². The number of pyridine rings is 1. The van der Waals surface area contributed by atoms with E-state index < -0.39 is 0 Å². The summed E-state index contributed by atoms with van der Waals surface area (Å²) in [6.45, 7) is 5.69. The summed E-state index contributed by atoms with van der Waals surface area (Å²) in [4.78, 5) is 17.6. The normalized spacial score (nSPS) is 11.1. The first-order valence-electron chi connectivity index (χ1n) is 8.58. The number of aromatic nitrogens is 4. The summed E-state index contributed by atoms with van der Waals surface area (Å²) < 4.78 is 6.98. The predicted octanol–water partition coefficient (Wildman–Crippen LogP) is 3.80. The highest BCUT2D eigenvalue weighted by Gasteiger charge is 2.20. The first-order valence-corrected chi connectivity index (χ1v) is 8.58. The standard InChI is InChI=1S/C20H19N5O2/c1-11-5-7-14(8-6-11)16-10-15(18-13(3)24-27-20(18)21-16)19(26)22-17-9-12(2)23-25(17)4/h5-10H,1-4H3,(H,22,26). The Labute approximate surface area is 156 Å². The number of rotatable bonds is 3. The SMILES string of the molecule is Cc1ccc(-c2cc(C(=O)Nc3cc(C)nn3C)c3c(C)noc3n2)cc1. The molecule has 0 unspecified atom stereocenters. The van der Waals surface area contributed by atoms with Gasteiger partial charge >= 0.3 is 0 Å². The van der Waals surface area contributed by atoms with Crippen molar-refractivity contribution in [3.05, 3.63) is 58.9 Å². The maximum atomic E-state index is 13.0. The molecule has 0 radical (unpaired) electrons. The Morgan fingerprint density at radius 2 is 1.85 bits per heavy atom. The van der Waals surface area contributed by atoms with Crippen molar-refractivity contribution in [3.63, 3.8) is 0 Å². The molecule has 0 saturated heterocycles. The molecule has 7 nitrogen and oxygen atoms in total. The van der Waals surface area contributed by atoms with Crippen molar-refractivity contribution in [1.29, 1.82) is 0 Å². The van der Waals surface area contributed by atoms with Crippen LogP contribution >= 0.6 is 0 Å². The van der Waals surface area contributed by atoms with Crippen LogP contribution in [0.15, 0.2) is 40.9 Å². The number of anilines is 1. The predicted molar refractivity (Wildman–Crippen MR) is 103 cm³/mol. The van der Waals surface area contributed by atoms with Crippen molar-refractivity contribution in [2.45, 2.75) is 20.8 Å². The molecule has 27 heavy (non-hydrogen) atoms. The van der Waals surface area contributed by atoms with Crippen LogP contribution in [0.4, 0.5) is 5.82 Å². The Morgan fingerprint density at radius 1 is 1.11 bits per heavy atom. The maximum Gasteiger partial charge on any atom is 0.259 e. The van der Waals surface area contributed by atoms with E-state index in [0.29, 0.717) is 33.9 Å². The Hall–Kier alpha value is -3.48. The van der Waals surface area contributed by atoms with E-state index in [1.807, 2.05) is 44.2 Å². The summed E-state index contributed by atoms with van der Waals surface area (Å²) in [7, 11) is 1.78. The topological polar surface area (TPSA) is 85.8 Å². The molecule has 1 aromatic carbocycles. The minimum atomic E-state index is -0.259. The number of amides is 1. The van der Waals surface area contributed by atoms with Gasteiger partial charge in [0.15, 0.2) is 0 Å². The molecule has 0 aliphatic heterocycles. The molecule has 3 aromatic heterocycles. The van der Waals surface area contributed by atoms with Crippen LogP contribution in [0.2, 0.25) is 0 Å². The minimum Gasteiger partial charge on any atom is -0.335 e. The van der Waals surface area contributed by atoms with Gasteiger partial charge in [-0.05, 0) is 26.8 Å². The second kappa shape index (κ2) is 6.35. The zero-order valence-corrected chi connectivity index (χ0v) is 15.6. The quantitative estimate of drug-likeness (QED) is 0.600. The van der Waals surface area contributed by atoms with E-state index in [2.05, 4.69) is 20.6 Å². The van der Waals surface area contributed by atoms with Gasteiger partial charge in [0.1, 0.15) is 5.82 Å². The van der Waals surface area contributed by atoms with Crippen LogP contribution in [-0.2, 0) is 7.05 Å². The largest absolute Gasteiger partial charge is 0.335 e. The molecule has 3 heterocycles. The van der Waals surface area contributed by atoms with Crippen molar-refractivity contribution in [2.24, 2.45) is 7.05 Å². The van der Waals surface area contributed by atoms with Gasteiger partial charge in [0.05, 0.1) is 28.0 Å². The molecule has 1 N–H and O–H groups in total.